The van der Waals surface area contributed by atoms with Gasteiger partial charge in [0.05, 0.1) is 11.1 Å². The minimum atomic E-state index is -2.23. The molecule has 0 amide bonds. The molecule has 9 heteroatoms. The fraction of sp³-hybridized carbons (Fsp3) is 0.286. The molecule has 3 aromatic carbocycles. The highest BCUT2D eigenvalue weighted by molar-refractivity contribution is 5.90. The fourth-order valence-electron chi connectivity index (χ4n) is 5.56. The number of fused-ring (bicyclic) bond motifs is 3. The van der Waals surface area contributed by atoms with E-state index in [4.69, 9.17) is 9.47 Å². The van der Waals surface area contributed by atoms with Gasteiger partial charge in [-0.15, -0.1) is 0 Å². The Balaban J connectivity index is 1.52. The molecule has 0 heterocycles. The molecular weight excluding hydrogens is 495 g/mol. The molecule has 6 rings (SSSR count). The molecule has 37 heavy (non-hydrogen) atoms. The molecule has 3 aliphatic carbocycles. The Hall–Kier alpha value is -3.75. The predicted molar refractivity (Wildman–Crippen MR) is 121 cm³/mol. The third-order valence-corrected chi connectivity index (χ3v) is 7.27. The van der Waals surface area contributed by atoms with Gasteiger partial charge in [0.1, 0.15) is 12.2 Å². The lowest BCUT2D eigenvalue weighted by atomic mass is 9.59. The van der Waals surface area contributed by atoms with E-state index in [0.717, 1.165) is 0 Å². The first-order valence-corrected chi connectivity index (χ1v) is 11.8. The van der Waals surface area contributed by atoms with Gasteiger partial charge < -0.3 is 9.47 Å². The molecule has 4 nitrogen and oxygen atoms in total. The monoisotopic (exact) mass is 516 g/mol. The van der Waals surface area contributed by atoms with Crippen LogP contribution in [-0.4, -0.2) is 24.1 Å². The van der Waals surface area contributed by atoms with Crippen LogP contribution < -0.4 is 0 Å². The molecule has 0 spiro atoms. The van der Waals surface area contributed by atoms with Crippen LogP contribution in [0.4, 0.5) is 22.0 Å². The number of hydrogen-bond donors (Lipinski definition) is 0. The van der Waals surface area contributed by atoms with Gasteiger partial charge in [0.2, 0.25) is 5.82 Å². The third-order valence-electron chi connectivity index (χ3n) is 7.27. The molecule has 3 saturated carbocycles. The summed E-state index contributed by atoms with van der Waals surface area (Å²) < 4.78 is 82.9. The van der Waals surface area contributed by atoms with Crippen molar-refractivity contribution in [1.29, 1.82) is 0 Å². The van der Waals surface area contributed by atoms with Crippen LogP contribution in [0.3, 0.4) is 0 Å². The molecule has 192 valence electrons. The number of ether oxygens (including phenoxy) is 2. The minimum absolute atomic E-state index is 0.00482. The van der Waals surface area contributed by atoms with Gasteiger partial charge in [0.15, 0.2) is 23.3 Å². The van der Waals surface area contributed by atoms with Crippen molar-refractivity contribution in [3.8, 4) is 0 Å². The van der Waals surface area contributed by atoms with Gasteiger partial charge in [-0.1, -0.05) is 36.4 Å². The Morgan fingerprint density at radius 1 is 0.622 bits per heavy atom. The van der Waals surface area contributed by atoms with Gasteiger partial charge in [0, 0.05) is 17.4 Å². The van der Waals surface area contributed by atoms with Crippen molar-refractivity contribution in [3.63, 3.8) is 0 Å². The Morgan fingerprint density at radius 2 is 1.08 bits per heavy atom. The van der Waals surface area contributed by atoms with E-state index in [2.05, 4.69) is 0 Å². The van der Waals surface area contributed by atoms with E-state index in [0.29, 0.717) is 6.42 Å². The summed E-state index contributed by atoms with van der Waals surface area (Å²) in [7, 11) is 0. The lowest BCUT2D eigenvalue weighted by Crippen LogP contribution is -2.55. The molecule has 2 bridgehead atoms. The largest absolute Gasteiger partial charge is 0.455 e. The Morgan fingerprint density at radius 3 is 1.59 bits per heavy atom. The molecule has 0 aliphatic heterocycles. The number of rotatable bonds is 5. The van der Waals surface area contributed by atoms with Crippen molar-refractivity contribution >= 4 is 11.9 Å². The summed E-state index contributed by atoms with van der Waals surface area (Å²) in [5.41, 5.74) is -0.474. The molecular formula is C28H21F5O4. The normalized spacial score (nSPS) is 24.5. The van der Waals surface area contributed by atoms with Crippen LogP contribution in [0, 0.1) is 40.9 Å². The van der Waals surface area contributed by atoms with Crippen molar-refractivity contribution in [2.75, 3.05) is 0 Å². The summed E-state index contributed by atoms with van der Waals surface area (Å²) >= 11 is 0. The summed E-state index contributed by atoms with van der Waals surface area (Å²) in [6.45, 7) is 0. The van der Waals surface area contributed by atoms with Gasteiger partial charge >= 0.3 is 11.9 Å². The molecule has 0 radical (unpaired) electrons. The summed E-state index contributed by atoms with van der Waals surface area (Å²) in [6.07, 6.45) is -1.39. The molecule has 5 unspecified atom stereocenters. The Labute approximate surface area is 209 Å². The standard InChI is InChI=1S/C28H21F5O4/c29-20-19(21(30)23(32)24(33)22(20)31)18-13-16-11-12-17(18)26(37-28(35)15-9-5-2-6-10-15)25(16)36-27(34)14-7-3-1-4-8-14/h1-10,16-18,25-26H,11-13H2. The zero-order valence-corrected chi connectivity index (χ0v) is 19.3. The lowest BCUT2D eigenvalue weighted by Gasteiger charge is -2.51. The number of carbonyl (C=O) groups is 2. The third kappa shape index (κ3) is 4.47. The van der Waals surface area contributed by atoms with E-state index >= 15 is 0 Å². The van der Waals surface area contributed by atoms with Crippen LogP contribution >= 0.6 is 0 Å². The Bertz CT molecular complexity index is 1300. The van der Waals surface area contributed by atoms with Crippen molar-refractivity contribution < 1.29 is 41.0 Å². The maximum atomic E-state index is 14.8. The van der Waals surface area contributed by atoms with Crippen molar-refractivity contribution in [2.45, 2.75) is 37.4 Å². The molecule has 5 atom stereocenters. The fourth-order valence-corrected chi connectivity index (χ4v) is 5.56. The van der Waals surface area contributed by atoms with Crippen LogP contribution in [0.25, 0.3) is 0 Å². The van der Waals surface area contributed by atoms with Crippen LogP contribution in [0.15, 0.2) is 60.7 Å². The quantitative estimate of drug-likeness (QED) is 0.172. The van der Waals surface area contributed by atoms with Gasteiger partial charge in [-0.2, -0.15) is 0 Å². The smallest absolute Gasteiger partial charge is 0.338 e. The molecule has 3 fully saturated rings. The van der Waals surface area contributed by atoms with Crippen molar-refractivity contribution in [3.05, 3.63) is 106 Å². The summed E-state index contributed by atoms with van der Waals surface area (Å²) in [5.74, 6) is -14.0. The second-order valence-electron chi connectivity index (χ2n) is 9.30. The molecule has 3 aliphatic rings. The maximum absolute atomic E-state index is 14.8. The first kappa shape index (κ1) is 24.9. The van der Waals surface area contributed by atoms with Crippen LogP contribution in [-0.2, 0) is 9.47 Å². The minimum Gasteiger partial charge on any atom is -0.455 e. The molecule has 0 aromatic heterocycles. The first-order chi connectivity index (χ1) is 17.8. The van der Waals surface area contributed by atoms with Crippen molar-refractivity contribution in [1.82, 2.24) is 0 Å². The second kappa shape index (κ2) is 9.95. The van der Waals surface area contributed by atoms with Gasteiger partial charge in [-0.05, 0) is 49.4 Å². The van der Waals surface area contributed by atoms with E-state index in [-0.39, 0.29) is 24.0 Å². The lowest BCUT2D eigenvalue weighted by molar-refractivity contribution is -0.130. The average molecular weight is 516 g/mol. The SMILES string of the molecule is O=C(OC1C2CCC(C(c3c(F)c(F)c(F)c(F)c3F)C2)C1OC(=O)c1ccccc1)c1ccccc1. The first-order valence-electron chi connectivity index (χ1n) is 11.8. The topological polar surface area (TPSA) is 52.6 Å². The van der Waals surface area contributed by atoms with Gasteiger partial charge in [-0.25, -0.2) is 31.5 Å². The van der Waals surface area contributed by atoms with Gasteiger partial charge in [-0.3, -0.25) is 0 Å². The second-order valence-corrected chi connectivity index (χ2v) is 9.30. The highest BCUT2D eigenvalue weighted by Crippen LogP contribution is 2.53. The number of halogens is 5. The van der Waals surface area contributed by atoms with E-state index in [1.54, 1.807) is 48.5 Å². The van der Waals surface area contributed by atoms with Gasteiger partial charge in [0.25, 0.3) is 0 Å². The number of carbonyl (C=O) groups excluding carboxylic acids is 2. The molecule has 0 N–H and O–H groups in total. The molecule has 3 aromatic rings. The highest BCUT2D eigenvalue weighted by Gasteiger charge is 2.54. The van der Waals surface area contributed by atoms with E-state index < -0.39 is 76.5 Å². The van der Waals surface area contributed by atoms with Crippen LogP contribution in [0.2, 0.25) is 0 Å². The number of esters is 2. The summed E-state index contributed by atoms with van der Waals surface area (Å²) in [5, 5.41) is 0. The zero-order chi connectivity index (χ0) is 26.3. The summed E-state index contributed by atoms with van der Waals surface area (Å²) in [4.78, 5) is 25.8. The average Bonchev–Trinajstić information content (AvgIpc) is 2.93. The van der Waals surface area contributed by atoms with E-state index in [1.165, 1.54) is 12.1 Å². The Kier molecular flexibility index (Phi) is 6.70. The summed E-state index contributed by atoms with van der Waals surface area (Å²) in [6, 6.07) is 16.1. The van der Waals surface area contributed by atoms with Crippen molar-refractivity contribution in [2.24, 2.45) is 11.8 Å². The zero-order valence-electron chi connectivity index (χ0n) is 19.3. The predicted octanol–water partition coefficient (Wildman–Crippen LogP) is 6.35. The highest BCUT2D eigenvalue weighted by atomic mass is 19.2. The van der Waals surface area contributed by atoms with Crippen LogP contribution in [0.1, 0.15) is 51.5 Å². The molecule has 0 saturated heterocycles. The maximum Gasteiger partial charge on any atom is 0.338 e. The number of benzene rings is 3. The van der Waals surface area contributed by atoms with Crippen LogP contribution in [0.5, 0.6) is 0 Å². The van der Waals surface area contributed by atoms with E-state index in [9.17, 15) is 31.5 Å². The number of hydrogen-bond acceptors (Lipinski definition) is 4. The van der Waals surface area contributed by atoms with E-state index in [1.807, 2.05) is 0 Å².